The van der Waals surface area contributed by atoms with Gasteiger partial charge in [0.15, 0.2) is 0 Å². The Morgan fingerprint density at radius 1 is 0.765 bits per heavy atom. The molecule has 34 heavy (non-hydrogen) atoms. The van der Waals surface area contributed by atoms with E-state index in [-0.39, 0.29) is 5.75 Å². The topological polar surface area (TPSA) is 9.23 Å². The summed E-state index contributed by atoms with van der Waals surface area (Å²) in [5, 5.41) is 0. The molecule has 1 aromatic carbocycles. The van der Waals surface area contributed by atoms with E-state index in [2.05, 4.69) is 11.7 Å². The van der Waals surface area contributed by atoms with E-state index >= 15 is 0 Å². The van der Waals surface area contributed by atoms with Gasteiger partial charge in [0.25, 0.3) is 0 Å². The second kappa shape index (κ2) is 13.7. The zero-order valence-electron chi connectivity index (χ0n) is 20.9. The summed E-state index contributed by atoms with van der Waals surface area (Å²) in [5.74, 6) is 3.50. The van der Waals surface area contributed by atoms with E-state index in [4.69, 9.17) is 0 Å². The molecule has 0 bridgehead atoms. The molecular weight excluding hydrogens is 440 g/mol. The highest BCUT2D eigenvalue weighted by atomic mass is 19.4. The number of hydrogen-bond acceptors (Lipinski definition) is 1. The third kappa shape index (κ3) is 9.07. The quantitative estimate of drug-likeness (QED) is 0.212. The monoisotopic (exact) mass is 484 g/mol. The molecule has 0 spiro atoms. The molecular formula is C29H44F4O. The van der Waals surface area contributed by atoms with Gasteiger partial charge in [-0.2, -0.15) is 17.6 Å². The van der Waals surface area contributed by atoms with E-state index in [1.165, 1.54) is 102 Å². The summed E-state index contributed by atoms with van der Waals surface area (Å²) in [4.78, 5) is 0. The molecule has 0 aliphatic heterocycles. The van der Waals surface area contributed by atoms with E-state index in [0.717, 1.165) is 42.1 Å². The lowest BCUT2D eigenvalue weighted by Gasteiger charge is -2.38. The average molecular weight is 485 g/mol. The number of alkyl halides is 4. The minimum Gasteiger partial charge on any atom is -0.452 e. The molecule has 0 radical (unpaired) electrons. The summed E-state index contributed by atoms with van der Waals surface area (Å²) in [5.41, 5.74) is 1.07. The predicted octanol–water partition coefficient (Wildman–Crippen LogP) is 9.83. The summed E-state index contributed by atoms with van der Waals surface area (Å²) in [6.07, 6.45) is 13.3. The largest absolute Gasteiger partial charge is 0.457 e. The first-order valence-corrected chi connectivity index (χ1v) is 13.8. The van der Waals surface area contributed by atoms with Gasteiger partial charge in [-0.25, -0.2) is 0 Å². The van der Waals surface area contributed by atoms with Crippen molar-refractivity contribution in [1.82, 2.24) is 0 Å². The molecule has 0 amide bonds. The molecule has 0 heterocycles. The van der Waals surface area contributed by atoms with E-state index in [1.54, 1.807) is 12.1 Å². The third-order valence-corrected chi connectivity index (χ3v) is 8.43. The second-order valence-corrected chi connectivity index (χ2v) is 10.9. The predicted molar refractivity (Wildman–Crippen MR) is 131 cm³/mol. The van der Waals surface area contributed by atoms with Crippen LogP contribution in [0.25, 0.3) is 0 Å². The zero-order chi connectivity index (χ0) is 24.4. The summed E-state index contributed by atoms with van der Waals surface area (Å²) < 4.78 is 54.2. The van der Waals surface area contributed by atoms with Crippen molar-refractivity contribution in [2.24, 2.45) is 23.7 Å². The second-order valence-electron chi connectivity index (χ2n) is 10.9. The van der Waals surface area contributed by atoms with Gasteiger partial charge >= 0.3 is 12.5 Å². The highest BCUT2D eigenvalue weighted by Crippen LogP contribution is 2.43. The van der Waals surface area contributed by atoms with Crippen molar-refractivity contribution in [1.29, 1.82) is 0 Å². The Morgan fingerprint density at radius 3 is 1.82 bits per heavy atom. The van der Waals surface area contributed by atoms with Crippen molar-refractivity contribution in [2.75, 3.05) is 0 Å². The average Bonchev–Trinajstić information content (AvgIpc) is 2.84. The van der Waals surface area contributed by atoms with E-state index in [9.17, 15) is 17.6 Å². The van der Waals surface area contributed by atoms with Gasteiger partial charge in [-0.3, -0.25) is 0 Å². The molecule has 194 valence electrons. The molecule has 0 saturated heterocycles. The van der Waals surface area contributed by atoms with Crippen LogP contribution in [-0.2, 0) is 6.42 Å². The maximum atomic E-state index is 13.0. The maximum Gasteiger partial charge on any atom is 0.457 e. The Hall–Kier alpha value is -1.26. The Bertz CT molecular complexity index is 670. The summed E-state index contributed by atoms with van der Waals surface area (Å²) >= 11 is 0. The first kappa shape index (κ1) is 27.3. The van der Waals surface area contributed by atoms with E-state index in [1.807, 2.05) is 0 Å². The highest BCUT2D eigenvalue weighted by Gasteiger charge is 2.42. The van der Waals surface area contributed by atoms with Gasteiger partial charge in [0.1, 0.15) is 5.75 Å². The molecule has 1 unspecified atom stereocenters. The molecule has 2 aliphatic carbocycles. The lowest BCUT2D eigenvalue weighted by molar-refractivity contribution is -0.236. The number of ether oxygens (including phenoxy) is 1. The van der Waals surface area contributed by atoms with Crippen molar-refractivity contribution >= 4 is 0 Å². The first-order valence-electron chi connectivity index (χ1n) is 13.8. The van der Waals surface area contributed by atoms with Gasteiger partial charge in [-0.05, 0) is 79.9 Å². The third-order valence-electron chi connectivity index (χ3n) is 8.43. The van der Waals surface area contributed by atoms with Crippen molar-refractivity contribution < 1.29 is 22.3 Å². The van der Waals surface area contributed by atoms with Crippen molar-refractivity contribution in [3.63, 3.8) is 0 Å². The van der Waals surface area contributed by atoms with Crippen molar-refractivity contribution in [3.8, 4) is 5.75 Å². The standard InChI is InChI=1S/C29H44F4O/c1-2-3-4-5-6-7-22-10-16-25(17-11-22)26-18-12-23(13-19-26)8-9-24-14-20-27(21-15-24)34-28(30)29(31,32)33/h14-15,20-23,25-26,28H,2-13,16-19H2,1H3. The fourth-order valence-corrected chi connectivity index (χ4v) is 6.22. The summed E-state index contributed by atoms with van der Waals surface area (Å²) in [6.45, 7) is 2.28. The zero-order valence-corrected chi connectivity index (χ0v) is 20.9. The summed E-state index contributed by atoms with van der Waals surface area (Å²) in [6, 6.07) is 6.39. The van der Waals surface area contributed by atoms with Crippen LogP contribution in [0.3, 0.4) is 0 Å². The van der Waals surface area contributed by atoms with Crippen LogP contribution < -0.4 is 4.74 Å². The number of unbranched alkanes of at least 4 members (excludes halogenated alkanes) is 4. The maximum absolute atomic E-state index is 13.0. The SMILES string of the molecule is CCCCCCCC1CCC(C2CCC(CCc3ccc(OC(F)C(F)(F)F)cc3)CC2)CC1. The van der Waals surface area contributed by atoms with Gasteiger partial charge in [-0.1, -0.05) is 83.3 Å². The van der Waals surface area contributed by atoms with Crippen LogP contribution in [0.2, 0.25) is 0 Å². The molecule has 0 N–H and O–H groups in total. The number of aryl methyl sites for hydroxylation is 1. The highest BCUT2D eigenvalue weighted by molar-refractivity contribution is 5.27. The van der Waals surface area contributed by atoms with Gasteiger partial charge in [-0.15, -0.1) is 0 Å². The molecule has 2 fully saturated rings. The van der Waals surface area contributed by atoms with Crippen LogP contribution in [-0.4, -0.2) is 12.5 Å². The molecule has 1 aromatic rings. The van der Waals surface area contributed by atoms with E-state index < -0.39 is 12.5 Å². The van der Waals surface area contributed by atoms with Crippen LogP contribution >= 0.6 is 0 Å². The Labute approximate surface area is 204 Å². The van der Waals surface area contributed by atoms with E-state index in [0.29, 0.717) is 0 Å². The minimum atomic E-state index is -5.00. The molecule has 1 nitrogen and oxygen atoms in total. The number of benzene rings is 1. The van der Waals surface area contributed by atoms with Crippen molar-refractivity contribution in [2.45, 2.75) is 122 Å². The van der Waals surface area contributed by atoms with Crippen LogP contribution in [0, 0.1) is 23.7 Å². The van der Waals surface area contributed by atoms with Crippen LogP contribution in [0.1, 0.15) is 109 Å². The van der Waals surface area contributed by atoms with Gasteiger partial charge in [0.2, 0.25) is 0 Å². The van der Waals surface area contributed by atoms with Gasteiger partial charge in [0.05, 0.1) is 0 Å². The first-order chi connectivity index (χ1) is 16.3. The molecule has 2 aliphatic rings. The Morgan fingerprint density at radius 2 is 1.29 bits per heavy atom. The summed E-state index contributed by atoms with van der Waals surface area (Å²) in [7, 11) is 0. The Kier molecular flexibility index (Phi) is 11.0. The normalized spacial score (nSPS) is 26.9. The molecule has 5 heteroatoms. The molecule has 1 atom stereocenters. The Balaban J connectivity index is 1.29. The number of rotatable bonds is 12. The molecule has 2 saturated carbocycles. The molecule has 0 aromatic heterocycles. The fourth-order valence-electron chi connectivity index (χ4n) is 6.22. The molecule has 3 rings (SSSR count). The van der Waals surface area contributed by atoms with Gasteiger partial charge in [0, 0.05) is 0 Å². The number of halogens is 4. The smallest absolute Gasteiger partial charge is 0.452 e. The lowest BCUT2D eigenvalue weighted by Crippen LogP contribution is -2.29. The van der Waals surface area contributed by atoms with Crippen LogP contribution in [0.15, 0.2) is 24.3 Å². The van der Waals surface area contributed by atoms with Crippen LogP contribution in [0.4, 0.5) is 17.6 Å². The minimum absolute atomic E-state index is 0.0831. The fraction of sp³-hybridized carbons (Fsp3) is 0.793. The lowest BCUT2D eigenvalue weighted by atomic mass is 9.68. The van der Waals surface area contributed by atoms with Crippen molar-refractivity contribution in [3.05, 3.63) is 29.8 Å². The number of hydrogen-bond donors (Lipinski definition) is 0. The van der Waals surface area contributed by atoms with Gasteiger partial charge < -0.3 is 4.74 Å². The van der Waals surface area contributed by atoms with Crippen LogP contribution in [0.5, 0.6) is 5.75 Å².